The molecule has 31 heavy (non-hydrogen) atoms. The van der Waals surface area contributed by atoms with Crippen LogP contribution in [0.3, 0.4) is 0 Å². The summed E-state index contributed by atoms with van der Waals surface area (Å²) >= 11 is 4.59. The van der Waals surface area contributed by atoms with Gasteiger partial charge in [-0.25, -0.2) is 0 Å². The minimum Gasteiger partial charge on any atom is -0.497 e. The first kappa shape index (κ1) is 23.2. The molecule has 0 bridgehead atoms. The zero-order chi connectivity index (χ0) is 22.6. The van der Waals surface area contributed by atoms with Gasteiger partial charge in [0.05, 0.1) is 13.0 Å². The van der Waals surface area contributed by atoms with Crippen LogP contribution in [0.15, 0.2) is 60.7 Å². The molecule has 0 saturated carbocycles. The van der Waals surface area contributed by atoms with Crippen LogP contribution in [0.25, 0.3) is 10.8 Å². The molecule has 0 aliphatic heterocycles. The van der Waals surface area contributed by atoms with Crippen molar-refractivity contribution in [1.82, 2.24) is 4.90 Å². The van der Waals surface area contributed by atoms with E-state index in [1.54, 1.807) is 7.11 Å². The summed E-state index contributed by atoms with van der Waals surface area (Å²) in [7, 11) is 3.73. The van der Waals surface area contributed by atoms with Gasteiger partial charge in [0.1, 0.15) is 11.5 Å². The van der Waals surface area contributed by atoms with Gasteiger partial charge in [-0.1, -0.05) is 36.4 Å². The van der Waals surface area contributed by atoms with Gasteiger partial charge in [-0.15, -0.1) is 0 Å². The summed E-state index contributed by atoms with van der Waals surface area (Å²) in [5, 5.41) is 2.14. The van der Waals surface area contributed by atoms with Crippen molar-refractivity contribution in [1.29, 1.82) is 0 Å². The van der Waals surface area contributed by atoms with Gasteiger partial charge in [-0.2, -0.15) is 12.6 Å². The molecule has 0 unspecified atom stereocenters. The van der Waals surface area contributed by atoms with Gasteiger partial charge in [0, 0.05) is 17.8 Å². The first-order chi connectivity index (χ1) is 14.6. The zero-order valence-electron chi connectivity index (χ0n) is 18.9. The monoisotopic (exact) mass is 437 g/mol. The van der Waals surface area contributed by atoms with Crippen molar-refractivity contribution < 1.29 is 14.3 Å². The highest BCUT2D eigenvalue weighted by atomic mass is 32.1. The Labute approximate surface area is 190 Å². The van der Waals surface area contributed by atoms with Gasteiger partial charge >= 0.3 is 5.97 Å². The lowest BCUT2D eigenvalue weighted by molar-refractivity contribution is -0.135. The van der Waals surface area contributed by atoms with Crippen LogP contribution < -0.4 is 9.47 Å². The maximum atomic E-state index is 12.7. The second-order valence-electron chi connectivity index (χ2n) is 8.74. The number of methoxy groups -OCH3 is 1. The molecule has 164 valence electrons. The Kier molecular flexibility index (Phi) is 7.29. The van der Waals surface area contributed by atoms with Crippen molar-refractivity contribution >= 4 is 29.4 Å². The van der Waals surface area contributed by atoms with E-state index in [2.05, 4.69) is 38.4 Å². The van der Waals surface area contributed by atoms with Gasteiger partial charge < -0.3 is 14.4 Å². The quantitative estimate of drug-likeness (QED) is 0.279. The molecule has 0 N–H and O–H groups in total. The van der Waals surface area contributed by atoms with E-state index in [1.807, 2.05) is 67.6 Å². The van der Waals surface area contributed by atoms with Gasteiger partial charge in [0.15, 0.2) is 0 Å². The van der Waals surface area contributed by atoms with Crippen LogP contribution >= 0.6 is 12.6 Å². The molecule has 4 nitrogen and oxygen atoms in total. The highest BCUT2D eigenvalue weighted by Crippen LogP contribution is 2.26. The van der Waals surface area contributed by atoms with Crippen molar-refractivity contribution in [2.45, 2.75) is 38.0 Å². The topological polar surface area (TPSA) is 38.8 Å². The predicted octanol–water partition coefficient (Wildman–Crippen LogP) is 5.70. The van der Waals surface area contributed by atoms with Crippen molar-refractivity contribution in [3.63, 3.8) is 0 Å². The van der Waals surface area contributed by atoms with Crippen LogP contribution in [0.5, 0.6) is 11.5 Å². The molecule has 0 aliphatic carbocycles. The number of hydrogen-bond acceptors (Lipinski definition) is 5. The Hall–Kier alpha value is -2.50. The Morgan fingerprint density at radius 3 is 2.26 bits per heavy atom. The minimum atomic E-state index is -0.366. The maximum absolute atomic E-state index is 12.7. The number of hydrogen-bond donors (Lipinski definition) is 1. The number of esters is 1. The molecule has 0 aromatic heterocycles. The molecule has 0 radical (unpaired) electrons. The first-order valence-electron chi connectivity index (χ1n) is 10.4. The summed E-state index contributed by atoms with van der Waals surface area (Å²) < 4.78 is 10.9. The number of thiol groups is 1. The van der Waals surface area contributed by atoms with Gasteiger partial charge in [0.2, 0.25) is 0 Å². The lowest BCUT2D eigenvalue weighted by Gasteiger charge is -2.25. The summed E-state index contributed by atoms with van der Waals surface area (Å²) in [6.45, 7) is 7.76. The second-order valence-corrected chi connectivity index (χ2v) is 9.95. The maximum Gasteiger partial charge on any atom is 0.318 e. The van der Waals surface area contributed by atoms with Crippen LogP contribution in [0.1, 0.15) is 37.8 Å². The number of benzene rings is 3. The third-order valence-electron chi connectivity index (χ3n) is 5.18. The lowest BCUT2D eigenvalue weighted by atomic mass is 9.98. The van der Waals surface area contributed by atoms with Crippen LogP contribution in [-0.2, 0) is 11.3 Å². The zero-order valence-corrected chi connectivity index (χ0v) is 19.8. The molecular formula is C26H31NO3S. The fourth-order valence-electron chi connectivity index (χ4n) is 3.67. The van der Waals surface area contributed by atoms with Crippen LogP contribution in [0.4, 0.5) is 0 Å². The number of carbonyl (C=O) groups excluding carboxylic acids is 1. The van der Waals surface area contributed by atoms with E-state index in [4.69, 9.17) is 9.47 Å². The summed E-state index contributed by atoms with van der Waals surface area (Å²) in [5.74, 6) is 0.740. The van der Waals surface area contributed by atoms with Gasteiger partial charge in [0.25, 0.3) is 0 Å². The van der Waals surface area contributed by atoms with Gasteiger partial charge in [-0.05, 0) is 74.0 Å². The van der Waals surface area contributed by atoms with Crippen LogP contribution in [0, 0.1) is 0 Å². The Balaban J connectivity index is 1.63. The molecule has 3 aromatic rings. The number of carbonyl (C=O) groups is 1. The standard InChI is InChI=1S/C26H31NO3S/c1-18(20-8-9-22-15-24(29-5)13-10-21(22)14-20)25(28)30-23-11-6-19(7-12-23)16-27(4)17-26(2,3)31/h6-15,18,31H,16-17H2,1-5H3/t18-/m0/s1. The third kappa shape index (κ3) is 6.49. The van der Waals surface area contributed by atoms with Crippen molar-refractivity contribution in [2.24, 2.45) is 0 Å². The van der Waals surface area contributed by atoms with E-state index in [1.165, 1.54) is 0 Å². The minimum absolute atomic E-state index is 0.0464. The Morgan fingerprint density at radius 1 is 1.00 bits per heavy atom. The van der Waals surface area contributed by atoms with Crippen molar-refractivity contribution in [3.05, 3.63) is 71.8 Å². The molecule has 0 heterocycles. The molecule has 0 spiro atoms. The number of fused-ring (bicyclic) bond motifs is 1. The molecule has 0 saturated heterocycles. The average molecular weight is 438 g/mol. The van der Waals surface area contributed by atoms with Gasteiger partial charge in [-0.3, -0.25) is 4.79 Å². The summed E-state index contributed by atoms with van der Waals surface area (Å²) in [4.78, 5) is 14.9. The molecule has 0 amide bonds. The Bertz CT molecular complexity index is 1040. The van der Waals surface area contributed by atoms with E-state index in [9.17, 15) is 4.79 Å². The fourth-order valence-corrected chi connectivity index (χ4v) is 3.91. The number of nitrogens with zero attached hydrogens (tertiary/aromatic N) is 1. The highest BCUT2D eigenvalue weighted by molar-refractivity contribution is 7.81. The molecular weight excluding hydrogens is 406 g/mol. The van der Waals surface area contributed by atoms with E-state index < -0.39 is 0 Å². The number of rotatable bonds is 8. The molecule has 5 heteroatoms. The predicted molar refractivity (Wildman–Crippen MR) is 130 cm³/mol. The SMILES string of the molecule is COc1ccc2cc([C@H](C)C(=O)Oc3ccc(CN(C)CC(C)(C)S)cc3)ccc2c1. The number of ether oxygens (including phenoxy) is 2. The largest absolute Gasteiger partial charge is 0.497 e. The molecule has 1 atom stereocenters. The Morgan fingerprint density at radius 2 is 1.61 bits per heavy atom. The first-order valence-corrected chi connectivity index (χ1v) is 10.9. The molecule has 0 fully saturated rings. The van der Waals surface area contributed by atoms with Crippen molar-refractivity contribution in [2.75, 3.05) is 20.7 Å². The lowest BCUT2D eigenvalue weighted by Crippen LogP contribution is -2.31. The molecule has 0 aliphatic rings. The normalized spacial score (nSPS) is 12.7. The third-order valence-corrected chi connectivity index (χ3v) is 5.32. The highest BCUT2D eigenvalue weighted by Gasteiger charge is 2.18. The summed E-state index contributed by atoms with van der Waals surface area (Å²) in [6, 6.07) is 19.6. The van der Waals surface area contributed by atoms with Crippen LogP contribution in [-0.4, -0.2) is 36.3 Å². The summed E-state index contributed by atoms with van der Waals surface area (Å²) in [6.07, 6.45) is 0. The second kappa shape index (κ2) is 9.75. The smallest absolute Gasteiger partial charge is 0.318 e. The summed E-state index contributed by atoms with van der Waals surface area (Å²) in [5.41, 5.74) is 2.09. The van der Waals surface area contributed by atoms with Crippen molar-refractivity contribution in [3.8, 4) is 11.5 Å². The van der Waals surface area contributed by atoms with E-state index in [0.717, 1.165) is 40.7 Å². The molecule has 3 rings (SSSR count). The van der Waals surface area contributed by atoms with E-state index in [0.29, 0.717) is 5.75 Å². The average Bonchev–Trinajstić information content (AvgIpc) is 2.72. The fraction of sp³-hybridized carbons (Fsp3) is 0.346. The molecule has 3 aromatic carbocycles. The van der Waals surface area contributed by atoms with E-state index >= 15 is 0 Å². The van der Waals surface area contributed by atoms with Crippen LogP contribution in [0.2, 0.25) is 0 Å². The van der Waals surface area contributed by atoms with E-state index in [-0.39, 0.29) is 16.6 Å².